The number of aromatic nitrogens is 3. The molecule has 4 heterocycles. The Balaban J connectivity index is 1.52. The van der Waals surface area contributed by atoms with Gasteiger partial charge in [-0.2, -0.15) is 4.98 Å². The van der Waals surface area contributed by atoms with E-state index in [-0.39, 0.29) is 35.3 Å². The topological polar surface area (TPSA) is 111 Å². The third-order valence-corrected chi connectivity index (χ3v) is 5.22. The Bertz CT molecular complexity index is 1340. The van der Waals surface area contributed by atoms with Gasteiger partial charge in [-0.3, -0.25) is 4.79 Å². The molecule has 0 saturated heterocycles. The van der Waals surface area contributed by atoms with E-state index in [1.165, 1.54) is 6.07 Å². The molecule has 3 aromatic heterocycles. The fourth-order valence-corrected chi connectivity index (χ4v) is 3.81. The monoisotopic (exact) mass is 453 g/mol. The van der Waals surface area contributed by atoms with Crippen molar-refractivity contribution >= 4 is 45.1 Å². The molecule has 1 amide bonds. The van der Waals surface area contributed by atoms with E-state index in [4.69, 9.17) is 25.5 Å². The van der Waals surface area contributed by atoms with Crippen LogP contribution >= 0.6 is 11.6 Å². The van der Waals surface area contributed by atoms with Gasteiger partial charge in [0, 0.05) is 36.7 Å². The van der Waals surface area contributed by atoms with Crippen LogP contribution in [0.3, 0.4) is 0 Å². The average molecular weight is 454 g/mol. The van der Waals surface area contributed by atoms with Crippen LogP contribution in [0.15, 0.2) is 34.7 Å². The molecule has 0 saturated carbocycles. The summed E-state index contributed by atoms with van der Waals surface area (Å²) in [5.74, 6) is 1.09. The summed E-state index contributed by atoms with van der Waals surface area (Å²) < 4.78 is 17.0. The van der Waals surface area contributed by atoms with Gasteiger partial charge in [0.1, 0.15) is 17.3 Å². The van der Waals surface area contributed by atoms with Crippen LogP contribution in [0.2, 0.25) is 5.15 Å². The van der Waals surface area contributed by atoms with E-state index >= 15 is 0 Å². The second-order valence-corrected chi connectivity index (χ2v) is 7.79. The average Bonchev–Trinajstić information content (AvgIpc) is 3.08. The number of amides is 1. The van der Waals surface area contributed by atoms with Crippen LogP contribution in [0.4, 0.5) is 5.69 Å². The van der Waals surface area contributed by atoms with Crippen LogP contribution in [0.5, 0.6) is 11.8 Å². The quantitative estimate of drug-likeness (QED) is 0.430. The predicted octanol–water partition coefficient (Wildman–Crippen LogP) is 4.30. The summed E-state index contributed by atoms with van der Waals surface area (Å²) in [4.78, 5) is 25.5. The minimum absolute atomic E-state index is 0.0134. The minimum Gasteiger partial charge on any atom is -0.449 e. The molecule has 9 nitrogen and oxygen atoms in total. The van der Waals surface area contributed by atoms with Gasteiger partial charge in [0.25, 0.3) is 5.91 Å². The van der Waals surface area contributed by atoms with E-state index in [1.54, 1.807) is 12.1 Å². The molecule has 164 valence electrons. The normalized spacial score (nSPS) is 15.8. The highest BCUT2D eigenvalue weighted by atomic mass is 35.5. The fourth-order valence-electron chi connectivity index (χ4n) is 3.62. The highest BCUT2D eigenvalue weighted by Gasteiger charge is 2.26. The van der Waals surface area contributed by atoms with Crippen molar-refractivity contribution in [1.29, 1.82) is 0 Å². The molecule has 0 spiro atoms. The van der Waals surface area contributed by atoms with Gasteiger partial charge in [0.15, 0.2) is 5.82 Å². The Hall–Kier alpha value is -3.43. The third-order valence-electron chi connectivity index (χ3n) is 5.03. The summed E-state index contributed by atoms with van der Waals surface area (Å²) in [5, 5.41) is 8.13. The first kappa shape index (κ1) is 20.5. The lowest BCUT2D eigenvalue weighted by atomic mass is 10.1. The van der Waals surface area contributed by atoms with E-state index in [0.29, 0.717) is 41.6 Å². The standard InChI is InChI=1S/C22H20ClN5O4/c1-3-30-10-16-27-15(23)8-18(28-16)32-17-7-4-12-13(26-17)5-6-14-19(12)20-21(31-14)22(29)25-11(2)9-24-20/h4-8,11,24H,3,9-10H2,1-2H3,(H,25,29)/t11-/m1/s1. The van der Waals surface area contributed by atoms with Gasteiger partial charge in [-0.15, -0.1) is 0 Å². The van der Waals surface area contributed by atoms with Crippen molar-refractivity contribution in [1.82, 2.24) is 20.3 Å². The number of pyridine rings is 1. The number of hydrogen-bond acceptors (Lipinski definition) is 8. The van der Waals surface area contributed by atoms with Crippen LogP contribution in [-0.4, -0.2) is 40.1 Å². The Kier molecular flexibility index (Phi) is 5.28. The van der Waals surface area contributed by atoms with Crippen molar-refractivity contribution in [3.8, 4) is 11.8 Å². The number of rotatable bonds is 5. The van der Waals surface area contributed by atoms with E-state index < -0.39 is 0 Å². The van der Waals surface area contributed by atoms with Crippen molar-refractivity contribution < 1.29 is 18.7 Å². The SMILES string of the molecule is CCOCc1nc(Cl)cc(Oc2ccc3c(ccc4oc5c(c43)NC[C@@H](C)NC5=O)n2)n1. The molecular weight excluding hydrogens is 434 g/mol. The van der Waals surface area contributed by atoms with Crippen molar-refractivity contribution in [2.45, 2.75) is 26.5 Å². The number of carbonyl (C=O) groups excluding carboxylic acids is 1. The zero-order valence-corrected chi connectivity index (χ0v) is 18.2. The molecular formula is C22H20ClN5O4. The summed E-state index contributed by atoms with van der Waals surface area (Å²) >= 11 is 6.09. The van der Waals surface area contributed by atoms with Crippen LogP contribution in [0.25, 0.3) is 21.9 Å². The molecule has 1 aliphatic rings. The number of furan rings is 1. The maximum absolute atomic E-state index is 12.5. The zero-order chi connectivity index (χ0) is 22.2. The van der Waals surface area contributed by atoms with E-state index in [9.17, 15) is 4.79 Å². The van der Waals surface area contributed by atoms with Crippen molar-refractivity contribution in [3.63, 3.8) is 0 Å². The van der Waals surface area contributed by atoms with Crippen molar-refractivity contribution in [2.24, 2.45) is 0 Å². The molecule has 4 aromatic rings. The number of ether oxygens (including phenoxy) is 2. The van der Waals surface area contributed by atoms with Gasteiger partial charge >= 0.3 is 0 Å². The van der Waals surface area contributed by atoms with E-state index in [0.717, 1.165) is 10.8 Å². The molecule has 0 radical (unpaired) electrons. The molecule has 10 heteroatoms. The summed E-state index contributed by atoms with van der Waals surface area (Å²) in [5.41, 5.74) is 1.97. The second-order valence-electron chi connectivity index (χ2n) is 7.40. The highest BCUT2D eigenvalue weighted by Crippen LogP contribution is 2.37. The Morgan fingerprint density at radius 2 is 2.06 bits per heavy atom. The van der Waals surface area contributed by atoms with Gasteiger partial charge in [0.05, 0.1) is 16.6 Å². The van der Waals surface area contributed by atoms with Crippen molar-refractivity contribution in [3.05, 3.63) is 47.1 Å². The second kappa shape index (κ2) is 8.25. The number of halogens is 1. The predicted molar refractivity (Wildman–Crippen MR) is 119 cm³/mol. The van der Waals surface area contributed by atoms with Crippen molar-refractivity contribution in [2.75, 3.05) is 18.5 Å². The number of anilines is 1. The molecule has 32 heavy (non-hydrogen) atoms. The smallest absolute Gasteiger partial charge is 0.289 e. The van der Waals surface area contributed by atoms with E-state index in [2.05, 4.69) is 25.6 Å². The first-order chi connectivity index (χ1) is 15.5. The number of fused-ring (bicyclic) bond motifs is 5. The lowest BCUT2D eigenvalue weighted by Gasteiger charge is -2.10. The molecule has 0 bridgehead atoms. The third kappa shape index (κ3) is 3.80. The molecule has 0 unspecified atom stereocenters. The first-order valence-corrected chi connectivity index (χ1v) is 10.6. The van der Waals surface area contributed by atoms with Crippen LogP contribution in [0.1, 0.15) is 30.2 Å². The summed E-state index contributed by atoms with van der Waals surface area (Å²) in [7, 11) is 0. The molecule has 0 aliphatic carbocycles. The van der Waals surface area contributed by atoms with Gasteiger partial charge in [-0.1, -0.05) is 11.6 Å². The van der Waals surface area contributed by atoms with Gasteiger partial charge in [0.2, 0.25) is 17.5 Å². The summed E-state index contributed by atoms with van der Waals surface area (Å²) in [6, 6.07) is 8.74. The number of nitrogens with one attached hydrogen (secondary N) is 2. The molecule has 5 rings (SSSR count). The Morgan fingerprint density at radius 1 is 1.19 bits per heavy atom. The maximum atomic E-state index is 12.5. The Morgan fingerprint density at radius 3 is 2.91 bits per heavy atom. The largest absolute Gasteiger partial charge is 0.449 e. The molecule has 1 aromatic carbocycles. The lowest BCUT2D eigenvalue weighted by molar-refractivity contribution is 0.0920. The van der Waals surface area contributed by atoms with Crippen LogP contribution < -0.4 is 15.4 Å². The zero-order valence-electron chi connectivity index (χ0n) is 17.4. The molecule has 0 fully saturated rings. The molecule has 1 aliphatic heterocycles. The molecule has 2 N–H and O–H groups in total. The van der Waals surface area contributed by atoms with Crippen LogP contribution in [0, 0.1) is 0 Å². The number of nitrogens with zero attached hydrogens (tertiary/aromatic N) is 3. The number of benzene rings is 1. The number of carbonyl (C=O) groups is 1. The van der Waals surface area contributed by atoms with Gasteiger partial charge in [-0.25, -0.2) is 9.97 Å². The van der Waals surface area contributed by atoms with Gasteiger partial charge < -0.3 is 24.5 Å². The lowest BCUT2D eigenvalue weighted by Crippen LogP contribution is -2.34. The summed E-state index contributed by atoms with van der Waals surface area (Å²) in [6.07, 6.45) is 0. The molecule has 1 atom stereocenters. The summed E-state index contributed by atoms with van der Waals surface area (Å²) in [6.45, 7) is 5.19. The van der Waals surface area contributed by atoms with E-state index in [1.807, 2.05) is 26.0 Å². The maximum Gasteiger partial charge on any atom is 0.289 e. The fraction of sp³-hybridized carbons (Fsp3) is 0.273. The van der Waals surface area contributed by atoms with Gasteiger partial charge in [-0.05, 0) is 32.0 Å². The first-order valence-electron chi connectivity index (χ1n) is 10.2. The number of hydrogen-bond donors (Lipinski definition) is 2. The Labute approximate surface area is 188 Å². The minimum atomic E-state index is -0.238. The van der Waals surface area contributed by atoms with Crippen LogP contribution in [-0.2, 0) is 11.3 Å². The highest BCUT2D eigenvalue weighted by molar-refractivity contribution is 6.29.